The Bertz CT molecular complexity index is 1940. The van der Waals surface area contributed by atoms with E-state index in [4.69, 9.17) is 27.4 Å². The zero-order valence-corrected chi connectivity index (χ0v) is 41.7. The van der Waals surface area contributed by atoms with E-state index in [1.165, 1.54) is 82.8 Å². The van der Waals surface area contributed by atoms with Gasteiger partial charge in [-0.3, -0.25) is 18.7 Å². The van der Waals surface area contributed by atoms with E-state index in [1.54, 1.807) is 19.2 Å². The quantitative estimate of drug-likeness (QED) is 0.0645. The molecule has 65 heavy (non-hydrogen) atoms. The van der Waals surface area contributed by atoms with Crippen molar-refractivity contribution in [2.24, 2.45) is 11.8 Å². The fourth-order valence-corrected chi connectivity index (χ4v) is 9.38. The van der Waals surface area contributed by atoms with Gasteiger partial charge in [0.2, 0.25) is 11.8 Å². The molecule has 0 N–H and O–H groups in total. The van der Waals surface area contributed by atoms with Gasteiger partial charge in [0.15, 0.2) is 11.6 Å². The number of hydrogen-bond donors (Lipinski definition) is 0. The molecule has 2 aromatic heterocycles. The molecule has 2 atom stereocenters. The average Bonchev–Trinajstić information content (AvgIpc) is 3.92. The van der Waals surface area contributed by atoms with Gasteiger partial charge >= 0.3 is 11.9 Å². The number of esters is 2. The van der Waals surface area contributed by atoms with Crippen molar-refractivity contribution >= 4 is 22.1 Å². The maximum Gasteiger partial charge on any atom is 0.307 e. The minimum atomic E-state index is -3.95. The van der Waals surface area contributed by atoms with Crippen LogP contribution in [0.5, 0.6) is 0 Å². The largest absolute Gasteiger partial charge is 0.460 e. The lowest BCUT2D eigenvalue weighted by Gasteiger charge is -2.23. The first kappa shape index (κ1) is 53.9. The van der Waals surface area contributed by atoms with Gasteiger partial charge in [-0.1, -0.05) is 118 Å². The molecule has 16 heteroatoms. The molecule has 2 saturated carbocycles. The Morgan fingerprint density at radius 1 is 0.738 bits per heavy atom. The molecule has 0 amide bonds. The second kappa shape index (κ2) is 26.6. The molecule has 0 radical (unpaired) electrons. The van der Waals surface area contributed by atoms with Gasteiger partial charge in [-0.25, -0.2) is 0 Å². The van der Waals surface area contributed by atoms with Crippen molar-refractivity contribution in [1.29, 1.82) is 0 Å². The molecular weight excluding hydrogens is 851 g/mol. The molecule has 0 aliphatic heterocycles. The molecule has 2 heterocycles. The van der Waals surface area contributed by atoms with Gasteiger partial charge in [0.25, 0.3) is 10.1 Å². The average molecular weight is 930 g/mol. The lowest BCUT2D eigenvalue weighted by Crippen LogP contribution is -2.25. The Morgan fingerprint density at radius 3 is 1.66 bits per heavy atom. The number of ether oxygens (including phenoxy) is 3. The van der Waals surface area contributed by atoms with Gasteiger partial charge in [0, 0.05) is 25.5 Å². The van der Waals surface area contributed by atoms with Crippen molar-refractivity contribution in [1.82, 2.24) is 25.2 Å². The van der Waals surface area contributed by atoms with Crippen molar-refractivity contribution in [2.45, 2.75) is 205 Å². The number of aromatic nitrogens is 4. The van der Waals surface area contributed by atoms with E-state index in [9.17, 15) is 18.0 Å². The van der Waals surface area contributed by atoms with Crippen LogP contribution in [-0.2, 0) is 51.3 Å². The fraction of sp³-hybridized carbons (Fsp3) is 0.755. The maximum absolute atomic E-state index is 12.5. The molecular formula is C49H79N5O10S. The number of aryl methyl sites for hydroxylation is 1. The minimum Gasteiger partial charge on any atom is -0.460 e. The number of hydrogen-bond acceptors (Lipinski definition) is 15. The highest BCUT2D eigenvalue weighted by Crippen LogP contribution is 2.33. The highest BCUT2D eigenvalue weighted by atomic mass is 32.2. The summed E-state index contributed by atoms with van der Waals surface area (Å²) in [5, 5.41) is 8.04. The summed E-state index contributed by atoms with van der Waals surface area (Å²) in [7, 11) is -0.261. The molecule has 1 aromatic carbocycles. The standard InChI is InChI=1S/C26H38N2O6S.C23H41N3O4/c1-19-13-15-22(16-14-19)35(30,31)32-18-23-27-25(34-28-23)21(17-24(29)33-26(2,3)4)12-8-11-20-9-6-5-7-10-20;1-23(2,3)29-21(27)16-19(13-9-12-18-10-7-6-8-11-18)22-24-20(25-30-22)17-26(4)14-15-28-5/h13-16,20-21H,5-12,17-18H2,1-4H3;18-19H,6-17H2,1-5H3/t21-;19-/m11/s1. The van der Waals surface area contributed by atoms with Crippen molar-refractivity contribution in [2.75, 3.05) is 27.3 Å². The van der Waals surface area contributed by atoms with Gasteiger partial charge in [-0.2, -0.15) is 18.4 Å². The van der Waals surface area contributed by atoms with Gasteiger partial charge in [0.1, 0.15) is 17.8 Å². The molecule has 3 aromatic rings. The van der Waals surface area contributed by atoms with Crippen LogP contribution in [0, 0.1) is 18.8 Å². The Balaban J connectivity index is 0.000000288. The summed E-state index contributed by atoms with van der Waals surface area (Å²) in [4.78, 5) is 36.1. The number of carbonyl (C=O) groups is 2. The van der Waals surface area contributed by atoms with Crippen molar-refractivity contribution in [3.05, 3.63) is 53.3 Å². The van der Waals surface area contributed by atoms with E-state index < -0.39 is 21.3 Å². The van der Waals surface area contributed by atoms with Gasteiger partial charge < -0.3 is 23.3 Å². The first-order chi connectivity index (χ1) is 30.8. The number of benzene rings is 1. The molecule has 0 saturated heterocycles. The molecule has 0 bridgehead atoms. The van der Waals surface area contributed by atoms with Crippen LogP contribution in [0.15, 0.2) is 38.2 Å². The highest BCUT2D eigenvalue weighted by Gasteiger charge is 2.29. The lowest BCUT2D eigenvalue weighted by atomic mass is 9.84. The summed E-state index contributed by atoms with van der Waals surface area (Å²) >= 11 is 0. The van der Waals surface area contributed by atoms with Gasteiger partial charge in [-0.05, 0) is 92.3 Å². The summed E-state index contributed by atoms with van der Waals surface area (Å²) < 4.78 is 57.2. The molecule has 2 aliphatic carbocycles. The first-order valence-corrected chi connectivity index (χ1v) is 25.4. The van der Waals surface area contributed by atoms with Crippen molar-refractivity contribution in [3.63, 3.8) is 0 Å². The molecule has 15 nitrogen and oxygen atoms in total. The van der Waals surface area contributed by atoms with Crippen LogP contribution in [0.3, 0.4) is 0 Å². The molecule has 366 valence electrons. The van der Waals surface area contributed by atoms with E-state index in [0.717, 1.165) is 56.0 Å². The molecule has 0 unspecified atom stereocenters. The Labute approximate surface area is 389 Å². The van der Waals surface area contributed by atoms with Crippen LogP contribution in [0.1, 0.15) is 198 Å². The second-order valence-corrected chi connectivity index (χ2v) is 21.8. The van der Waals surface area contributed by atoms with Crippen LogP contribution >= 0.6 is 0 Å². The van der Waals surface area contributed by atoms with E-state index in [1.807, 2.05) is 55.5 Å². The Kier molecular flexibility index (Phi) is 22.0. The molecule has 2 fully saturated rings. The van der Waals surface area contributed by atoms with Gasteiger partial charge in [0.05, 0.1) is 30.9 Å². The zero-order chi connectivity index (χ0) is 47.5. The predicted molar refractivity (Wildman–Crippen MR) is 247 cm³/mol. The summed E-state index contributed by atoms with van der Waals surface area (Å²) in [6.45, 7) is 14.7. The summed E-state index contributed by atoms with van der Waals surface area (Å²) in [5.74, 6) is 2.29. The third-order valence-electron chi connectivity index (χ3n) is 11.9. The van der Waals surface area contributed by atoms with E-state index in [0.29, 0.717) is 30.8 Å². The number of nitrogens with zero attached hydrogens (tertiary/aromatic N) is 5. The number of rotatable bonds is 23. The van der Waals surface area contributed by atoms with Crippen LogP contribution in [-0.4, -0.2) is 84.0 Å². The van der Waals surface area contributed by atoms with Crippen LogP contribution < -0.4 is 0 Å². The Hall–Kier alpha value is -3.73. The number of carbonyl (C=O) groups excluding carboxylic acids is 2. The van der Waals surface area contributed by atoms with E-state index in [-0.39, 0.29) is 53.9 Å². The lowest BCUT2D eigenvalue weighted by molar-refractivity contribution is -0.156. The summed E-state index contributed by atoms with van der Waals surface area (Å²) in [5.41, 5.74) is -0.123. The van der Waals surface area contributed by atoms with Gasteiger partial charge in [-0.15, -0.1) is 0 Å². The highest BCUT2D eigenvalue weighted by molar-refractivity contribution is 7.86. The smallest absolute Gasteiger partial charge is 0.307 e. The molecule has 5 rings (SSSR count). The second-order valence-electron chi connectivity index (χ2n) is 20.2. The van der Waals surface area contributed by atoms with Crippen LogP contribution in [0.25, 0.3) is 0 Å². The third-order valence-corrected chi connectivity index (χ3v) is 13.1. The van der Waals surface area contributed by atoms with Crippen molar-refractivity contribution < 1.29 is 45.4 Å². The van der Waals surface area contributed by atoms with Crippen LogP contribution in [0.4, 0.5) is 0 Å². The summed E-state index contributed by atoms with van der Waals surface area (Å²) in [6, 6.07) is 6.40. The SMILES string of the molecule is COCCN(C)Cc1noc([C@H](CCCC2CCCCC2)CC(=O)OC(C)(C)C)n1.Cc1ccc(S(=O)(=O)OCc2noc([C@H](CCCC3CCCCC3)CC(=O)OC(C)(C)C)n2)cc1. The first-order valence-electron chi connectivity index (χ1n) is 24.0. The summed E-state index contributed by atoms with van der Waals surface area (Å²) in [6.07, 6.45) is 19.6. The monoisotopic (exact) mass is 930 g/mol. The Morgan fingerprint density at radius 2 is 1.20 bits per heavy atom. The van der Waals surface area contributed by atoms with Crippen LogP contribution in [0.2, 0.25) is 0 Å². The fourth-order valence-electron chi connectivity index (χ4n) is 8.51. The van der Waals surface area contributed by atoms with E-state index >= 15 is 0 Å². The topological polar surface area (TPSA) is 186 Å². The number of methoxy groups -OCH3 is 1. The normalized spacial score (nSPS) is 16.5. The number of likely N-dealkylation sites (N-methyl/N-ethyl adjacent to an activating group) is 1. The zero-order valence-electron chi connectivity index (χ0n) is 40.9. The van der Waals surface area contributed by atoms with E-state index in [2.05, 4.69) is 25.2 Å². The minimum absolute atomic E-state index is 0.0670. The predicted octanol–water partition coefficient (Wildman–Crippen LogP) is 10.6. The third kappa shape index (κ3) is 21.2. The van der Waals surface area contributed by atoms with Crippen molar-refractivity contribution in [3.8, 4) is 0 Å². The maximum atomic E-state index is 12.5. The molecule has 2 aliphatic rings. The molecule has 0 spiro atoms.